The van der Waals surface area contributed by atoms with E-state index in [4.69, 9.17) is 30.5 Å². The summed E-state index contributed by atoms with van der Waals surface area (Å²) >= 11 is 0. The van der Waals surface area contributed by atoms with Crippen molar-refractivity contribution in [3.63, 3.8) is 0 Å². The van der Waals surface area contributed by atoms with Crippen LogP contribution in [-0.4, -0.2) is 84.1 Å². The molecule has 0 aromatic carbocycles. The van der Waals surface area contributed by atoms with Crippen molar-refractivity contribution in [3.05, 3.63) is 11.8 Å². The van der Waals surface area contributed by atoms with Gasteiger partial charge >= 0.3 is 0 Å². The average molecular weight is 442 g/mol. The van der Waals surface area contributed by atoms with Crippen LogP contribution in [0, 0.1) is 0 Å². The Labute approximate surface area is 188 Å². The van der Waals surface area contributed by atoms with E-state index in [-0.39, 0.29) is 0 Å². The highest BCUT2D eigenvalue weighted by Crippen LogP contribution is 2.00. The van der Waals surface area contributed by atoms with E-state index in [0.717, 1.165) is 57.4 Å². The zero-order valence-electron chi connectivity index (χ0n) is 19.5. The Bertz CT molecular complexity index is 510. The summed E-state index contributed by atoms with van der Waals surface area (Å²) in [5, 5.41) is 3.71. The molecule has 9 nitrogen and oxygen atoms in total. The first-order valence-corrected chi connectivity index (χ1v) is 11.2. The quantitative estimate of drug-likeness (QED) is 0.115. The van der Waals surface area contributed by atoms with Gasteiger partial charge in [-0.05, 0) is 38.0 Å². The minimum atomic E-state index is 0.323. The van der Waals surface area contributed by atoms with Gasteiger partial charge in [-0.15, -0.1) is 0 Å². The van der Waals surface area contributed by atoms with E-state index >= 15 is 0 Å². The topological polar surface area (TPSA) is 126 Å². The summed E-state index contributed by atoms with van der Waals surface area (Å²) in [5.41, 5.74) is 6.99. The number of nitrogens with zero attached hydrogens (tertiary/aromatic N) is 3. The summed E-state index contributed by atoms with van der Waals surface area (Å²) < 4.78 is 21.7. The van der Waals surface area contributed by atoms with E-state index in [2.05, 4.69) is 22.0 Å². The minimum Gasteiger partial charge on any atom is -0.404 e. The first kappa shape index (κ1) is 29.2. The van der Waals surface area contributed by atoms with Gasteiger partial charge in [-0.3, -0.25) is 9.98 Å². The monoisotopic (exact) mass is 441 g/mol. The Morgan fingerprint density at radius 1 is 0.742 bits per heavy atom. The lowest BCUT2D eigenvalue weighted by Crippen LogP contribution is -2.16. The van der Waals surface area contributed by atoms with Gasteiger partial charge in [-0.25, -0.2) is 0 Å². The SMILES string of the molecule is CCCOCCOCCOCCOC/C(C=NCCCCCCN=C/C(C)=C\N)=N/N. The highest BCUT2D eigenvalue weighted by Gasteiger charge is 1.97. The fourth-order valence-electron chi connectivity index (χ4n) is 2.27. The van der Waals surface area contributed by atoms with E-state index in [9.17, 15) is 0 Å². The molecular weight excluding hydrogens is 398 g/mol. The van der Waals surface area contributed by atoms with Crippen molar-refractivity contribution in [1.29, 1.82) is 0 Å². The summed E-state index contributed by atoms with van der Waals surface area (Å²) in [7, 11) is 0. The zero-order valence-corrected chi connectivity index (χ0v) is 19.5. The highest BCUT2D eigenvalue weighted by atomic mass is 16.6. The van der Waals surface area contributed by atoms with E-state index < -0.39 is 0 Å². The Hall–Kier alpha value is -1.81. The number of hydrazone groups is 1. The van der Waals surface area contributed by atoms with Gasteiger partial charge in [0.2, 0.25) is 0 Å². The standard InChI is InChI=1S/C22H43N5O4/c1-3-10-28-11-12-29-13-14-30-15-16-31-20-22(27-24)19-26-9-7-5-4-6-8-25-18-21(2)17-23/h17-19H,3-16,20,23-24H2,1-2H3/b21-17-,25-18?,26-19?,27-22+. The third-order valence-electron chi connectivity index (χ3n) is 4.00. The predicted molar refractivity (Wildman–Crippen MR) is 128 cm³/mol. The molecule has 0 bridgehead atoms. The molecule has 0 radical (unpaired) electrons. The lowest BCUT2D eigenvalue weighted by molar-refractivity contribution is 0.00187. The van der Waals surface area contributed by atoms with Crippen molar-refractivity contribution < 1.29 is 18.9 Å². The third kappa shape index (κ3) is 22.7. The van der Waals surface area contributed by atoms with Crippen LogP contribution in [0.1, 0.15) is 46.0 Å². The van der Waals surface area contributed by atoms with Crippen molar-refractivity contribution in [3.8, 4) is 0 Å². The molecule has 180 valence electrons. The van der Waals surface area contributed by atoms with E-state index in [1.807, 2.05) is 13.1 Å². The van der Waals surface area contributed by atoms with Crippen LogP contribution in [0.4, 0.5) is 0 Å². The lowest BCUT2D eigenvalue weighted by atomic mass is 10.2. The Morgan fingerprint density at radius 3 is 1.77 bits per heavy atom. The lowest BCUT2D eigenvalue weighted by Gasteiger charge is -2.07. The number of nitrogens with two attached hydrogens (primary N) is 2. The second kappa shape index (κ2) is 24.5. The first-order valence-electron chi connectivity index (χ1n) is 11.2. The molecule has 0 saturated carbocycles. The van der Waals surface area contributed by atoms with Crippen molar-refractivity contribution in [2.24, 2.45) is 26.7 Å². The first-order chi connectivity index (χ1) is 15.2. The molecule has 4 N–H and O–H groups in total. The number of hydrogen-bond acceptors (Lipinski definition) is 9. The second-order valence-corrected chi connectivity index (χ2v) is 6.91. The van der Waals surface area contributed by atoms with Gasteiger partial charge in [-0.1, -0.05) is 19.8 Å². The Morgan fingerprint density at radius 2 is 1.26 bits per heavy atom. The predicted octanol–water partition coefficient (Wildman–Crippen LogP) is 2.34. The number of unbranched alkanes of at least 4 members (excludes halogenated alkanes) is 3. The summed E-state index contributed by atoms with van der Waals surface area (Å²) in [6.07, 6.45) is 10.4. The summed E-state index contributed by atoms with van der Waals surface area (Å²) in [5.74, 6) is 5.39. The molecular formula is C22H43N5O4. The molecule has 0 amide bonds. The number of aliphatic imine (C=N–C) groups is 2. The maximum Gasteiger partial charge on any atom is 0.103 e. The van der Waals surface area contributed by atoms with Gasteiger partial charge in [0.25, 0.3) is 0 Å². The maximum absolute atomic E-state index is 5.50. The maximum atomic E-state index is 5.50. The van der Waals surface area contributed by atoms with Crippen LogP contribution in [0.2, 0.25) is 0 Å². The van der Waals surface area contributed by atoms with Gasteiger partial charge in [-0.2, -0.15) is 5.10 Å². The number of ether oxygens (including phenoxy) is 4. The van der Waals surface area contributed by atoms with Crippen LogP contribution in [0.3, 0.4) is 0 Å². The van der Waals surface area contributed by atoms with Gasteiger partial charge in [0.1, 0.15) is 5.71 Å². The van der Waals surface area contributed by atoms with E-state index in [1.54, 1.807) is 12.4 Å². The minimum absolute atomic E-state index is 0.323. The molecule has 0 heterocycles. The molecule has 0 fully saturated rings. The molecule has 0 rings (SSSR count). The molecule has 9 heteroatoms. The molecule has 0 spiro atoms. The van der Waals surface area contributed by atoms with Crippen molar-refractivity contribution in [1.82, 2.24) is 0 Å². The largest absolute Gasteiger partial charge is 0.404 e. The van der Waals surface area contributed by atoms with Gasteiger partial charge in [0.15, 0.2) is 0 Å². The molecule has 0 aromatic rings. The van der Waals surface area contributed by atoms with Gasteiger partial charge in [0.05, 0.1) is 46.2 Å². The van der Waals surface area contributed by atoms with Crippen molar-refractivity contribution in [2.75, 3.05) is 65.9 Å². The molecule has 0 atom stereocenters. The molecule has 0 saturated heterocycles. The third-order valence-corrected chi connectivity index (χ3v) is 4.00. The van der Waals surface area contributed by atoms with Crippen molar-refractivity contribution in [2.45, 2.75) is 46.0 Å². The Balaban J connectivity index is 3.49. The molecule has 0 unspecified atom stereocenters. The Kier molecular flexibility index (Phi) is 23.0. The summed E-state index contributed by atoms with van der Waals surface area (Å²) in [4.78, 5) is 8.68. The fraction of sp³-hybridized carbons (Fsp3) is 0.773. The molecule has 0 aliphatic rings. The smallest absolute Gasteiger partial charge is 0.103 e. The van der Waals surface area contributed by atoms with Gasteiger partial charge in [0, 0.05) is 32.1 Å². The fourth-order valence-corrected chi connectivity index (χ4v) is 2.27. The zero-order chi connectivity index (χ0) is 22.8. The highest BCUT2D eigenvalue weighted by molar-refractivity contribution is 6.31. The molecule has 0 aromatic heterocycles. The summed E-state index contributed by atoms with van der Waals surface area (Å²) in [6.45, 7) is 9.98. The van der Waals surface area contributed by atoms with Crippen LogP contribution in [-0.2, 0) is 18.9 Å². The molecule has 0 aliphatic heterocycles. The van der Waals surface area contributed by atoms with Gasteiger partial charge < -0.3 is 30.5 Å². The molecule has 31 heavy (non-hydrogen) atoms. The number of allylic oxidation sites excluding steroid dienone is 1. The number of hydrogen-bond donors (Lipinski definition) is 2. The van der Waals surface area contributed by atoms with Crippen LogP contribution >= 0.6 is 0 Å². The van der Waals surface area contributed by atoms with Crippen LogP contribution in [0.15, 0.2) is 26.9 Å². The van der Waals surface area contributed by atoms with Crippen LogP contribution in [0.25, 0.3) is 0 Å². The summed E-state index contributed by atoms with van der Waals surface area (Å²) in [6, 6.07) is 0. The second-order valence-electron chi connectivity index (χ2n) is 6.91. The van der Waals surface area contributed by atoms with Crippen molar-refractivity contribution >= 4 is 18.1 Å². The van der Waals surface area contributed by atoms with Crippen LogP contribution in [0.5, 0.6) is 0 Å². The molecule has 0 aliphatic carbocycles. The van der Waals surface area contributed by atoms with Crippen LogP contribution < -0.4 is 11.6 Å². The number of rotatable bonds is 22. The van der Waals surface area contributed by atoms with E-state index in [0.29, 0.717) is 52.0 Å². The van der Waals surface area contributed by atoms with E-state index in [1.165, 1.54) is 0 Å². The normalized spacial score (nSPS) is 13.1. The average Bonchev–Trinajstić information content (AvgIpc) is 2.79.